The van der Waals surface area contributed by atoms with Crippen molar-refractivity contribution >= 4 is 17.4 Å². The largest absolute Gasteiger partial charge is 0.381 e. The van der Waals surface area contributed by atoms with Crippen LogP contribution in [0.2, 0.25) is 0 Å². The Morgan fingerprint density at radius 2 is 1.92 bits per heavy atom. The van der Waals surface area contributed by atoms with Crippen molar-refractivity contribution in [2.24, 2.45) is 5.41 Å². The number of anilines is 2. The van der Waals surface area contributed by atoms with Crippen LogP contribution < -0.4 is 10.2 Å². The lowest BCUT2D eigenvalue weighted by Crippen LogP contribution is -2.26. The van der Waals surface area contributed by atoms with E-state index in [1.54, 1.807) is 0 Å². The van der Waals surface area contributed by atoms with Gasteiger partial charge in [0.1, 0.15) is 5.82 Å². The summed E-state index contributed by atoms with van der Waals surface area (Å²) in [7, 11) is 2.09. The number of amides is 1. The summed E-state index contributed by atoms with van der Waals surface area (Å²) in [6, 6.07) is 2.13. The topological polar surface area (TPSA) is 54.5 Å². The zero-order chi connectivity index (χ0) is 19.2. The fraction of sp³-hybridized carbons (Fsp3) is 0.714. The van der Waals surface area contributed by atoms with E-state index >= 15 is 0 Å². The van der Waals surface area contributed by atoms with Crippen molar-refractivity contribution in [3.05, 3.63) is 17.3 Å². The zero-order valence-corrected chi connectivity index (χ0v) is 17.2. The molecule has 0 bridgehead atoms. The van der Waals surface area contributed by atoms with Crippen molar-refractivity contribution in [3.8, 4) is 0 Å². The number of aryl methyl sites for hydroxylation is 2. The summed E-state index contributed by atoms with van der Waals surface area (Å²) < 4.78 is 5.07. The molecule has 0 spiro atoms. The molecule has 26 heavy (non-hydrogen) atoms. The van der Waals surface area contributed by atoms with Gasteiger partial charge < -0.3 is 15.0 Å². The zero-order valence-electron chi connectivity index (χ0n) is 17.2. The number of pyridine rings is 1. The Hall–Kier alpha value is -1.62. The molecule has 2 aliphatic heterocycles. The van der Waals surface area contributed by atoms with Gasteiger partial charge in [0, 0.05) is 33.2 Å². The molecule has 3 rings (SSSR count). The van der Waals surface area contributed by atoms with Gasteiger partial charge in [0.05, 0.1) is 11.4 Å². The predicted octanol–water partition coefficient (Wildman–Crippen LogP) is 4.33. The Bertz CT molecular complexity index is 592. The highest BCUT2D eigenvalue weighted by atomic mass is 16.5. The molecule has 1 fully saturated rings. The maximum absolute atomic E-state index is 12.1. The van der Waals surface area contributed by atoms with Crippen LogP contribution >= 0.6 is 0 Å². The summed E-state index contributed by atoms with van der Waals surface area (Å²) in [5, 5.41) is 2.96. The van der Waals surface area contributed by atoms with Crippen molar-refractivity contribution in [1.82, 2.24) is 4.98 Å². The summed E-state index contributed by atoms with van der Waals surface area (Å²) in [4.78, 5) is 18.9. The maximum atomic E-state index is 12.1. The number of nitrogens with zero attached hydrogens (tertiary/aromatic N) is 2. The fourth-order valence-electron chi connectivity index (χ4n) is 3.23. The van der Waals surface area contributed by atoms with Crippen LogP contribution in [0, 0.1) is 12.3 Å². The third-order valence-electron chi connectivity index (χ3n) is 4.61. The highest BCUT2D eigenvalue weighted by Gasteiger charge is 2.20. The standard InChI is InChI=1S/C16H25N3O.C5H10O/c1-11-9-13-12(7-6-8-19(13)5)17-15(11)18-14(20)10-16(2,3)4;1-2-4-6-5-3-1/h9H,6-8,10H2,1-5H3,(H,17,18,20);1-5H2. The smallest absolute Gasteiger partial charge is 0.226 e. The maximum Gasteiger partial charge on any atom is 0.226 e. The average Bonchev–Trinajstić information content (AvgIpc) is 2.57. The minimum absolute atomic E-state index is 0.00753. The summed E-state index contributed by atoms with van der Waals surface area (Å²) >= 11 is 0. The van der Waals surface area contributed by atoms with Crippen molar-refractivity contribution in [2.75, 3.05) is 37.0 Å². The van der Waals surface area contributed by atoms with Gasteiger partial charge in [0.15, 0.2) is 0 Å². The van der Waals surface area contributed by atoms with Gasteiger partial charge in [-0.2, -0.15) is 0 Å². The molecular weight excluding hydrogens is 326 g/mol. The molecule has 1 N–H and O–H groups in total. The van der Waals surface area contributed by atoms with E-state index in [9.17, 15) is 4.79 Å². The molecule has 1 saturated heterocycles. The lowest BCUT2D eigenvalue weighted by atomic mass is 9.92. The number of ether oxygens (including phenoxy) is 1. The van der Waals surface area contributed by atoms with Gasteiger partial charge in [0.2, 0.25) is 5.91 Å². The molecule has 2 aliphatic rings. The van der Waals surface area contributed by atoms with Gasteiger partial charge in [-0.15, -0.1) is 0 Å². The predicted molar refractivity (Wildman–Crippen MR) is 108 cm³/mol. The monoisotopic (exact) mass is 361 g/mol. The lowest BCUT2D eigenvalue weighted by molar-refractivity contribution is -0.117. The first-order valence-electron chi connectivity index (χ1n) is 9.85. The molecule has 0 aliphatic carbocycles. The van der Waals surface area contributed by atoms with Crippen LogP contribution in [0.4, 0.5) is 11.5 Å². The van der Waals surface area contributed by atoms with Gasteiger partial charge >= 0.3 is 0 Å². The molecule has 1 aromatic heterocycles. The van der Waals surface area contributed by atoms with Crippen molar-refractivity contribution in [3.63, 3.8) is 0 Å². The summed E-state index contributed by atoms with van der Waals surface area (Å²) in [5.74, 6) is 0.755. The molecule has 0 unspecified atom stereocenters. The second-order valence-corrected chi connectivity index (χ2v) is 8.60. The van der Waals surface area contributed by atoms with Crippen LogP contribution in [0.15, 0.2) is 6.07 Å². The highest BCUT2D eigenvalue weighted by molar-refractivity contribution is 5.91. The Labute approximate surface area is 158 Å². The number of fused-ring (bicyclic) bond motifs is 1. The molecule has 0 saturated carbocycles. The summed E-state index contributed by atoms with van der Waals surface area (Å²) in [6.07, 6.45) is 6.54. The molecule has 0 aromatic carbocycles. The number of aromatic nitrogens is 1. The molecule has 1 amide bonds. The molecular formula is C21H35N3O2. The number of carbonyl (C=O) groups excluding carboxylic acids is 1. The summed E-state index contributed by atoms with van der Waals surface area (Å²) in [6.45, 7) is 11.3. The van der Waals surface area contributed by atoms with E-state index in [-0.39, 0.29) is 11.3 Å². The molecule has 5 heteroatoms. The minimum atomic E-state index is -0.00753. The molecule has 146 valence electrons. The van der Waals surface area contributed by atoms with Crippen LogP contribution in [-0.2, 0) is 16.0 Å². The average molecular weight is 362 g/mol. The van der Waals surface area contributed by atoms with Gasteiger partial charge in [-0.1, -0.05) is 20.8 Å². The Balaban J connectivity index is 0.000000342. The van der Waals surface area contributed by atoms with E-state index in [1.165, 1.54) is 24.9 Å². The Kier molecular flexibility index (Phi) is 7.44. The molecule has 5 nitrogen and oxygen atoms in total. The quantitative estimate of drug-likeness (QED) is 0.852. The second-order valence-electron chi connectivity index (χ2n) is 8.60. The Morgan fingerprint density at radius 1 is 1.23 bits per heavy atom. The number of carbonyl (C=O) groups is 1. The first-order chi connectivity index (χ1) is 12.3. The Morgan fingerprint density at radius 3 is 2.46 bits per heavy atom. The van der Waals surface area contributed by atoms with Crippen LogP contribution in [0.5, 0.6) is 0 Å². The van der Waals surface area contributed by atoms with Gasteiger partial charge in [-0.05, 0) is 56.1 Å². The van der Waals surface area contributed by atoms with Gasteiger partial charge in [-0.25, -0.2) is 4.98 Å². The summed E-state index contributed by atoms with van der Waals surface area (Å²) in [5.41, 5.74) is 3.31. The first-order valence-corrected chi connectivity index (χ1v) is 9.85. The van der Waals surface area contributed by atoms with Crippen molar-refractivity contribution in [1.29, 1.82) is 0 Å². The third-order valence-corrected chi connectivity index (χ3v) is 4.61. The van der Waals surface area contributed by atoms with E-state index in [0.29, 0.717) is 12.2 Å². The van der Waals surface area contributed by atoms with Crippen LogP contribution in [0.1, 0.15) is 64.1 Å². The van der Waals surface area contributed by atoms with Crippen molar-refractivity contribution in [2.45, 2.75) is 66.2 Å². The minimum Gasteiger partial charge on any atom is -0.381 e. The number of hydrogen-bond donors (Lipinski definition) is 1. The first kappa shape index (κ1) is 20.7. The lowest BCUT2D eigenvalue weighted by Gasteiger charge is -2.28. The van der Waals surface area contributed by atoms with E-state index in [4.69, 9.17) is 4.74 Å². The SMILES string of the molecule is C1CCOCC1.Cc1cc2c(nc1NC(=O)CC(C)(C)C)CCCN2C. The van der Waals surface area contributed by atoms with E-state index in [0.717, 1.165) is 43.9 Å². The third kappa shape index (κ3) is 6.60. The fourth-order valence-corrected chi connectivity index (χ4v) is 3.23. The van der Waals surface area contributed by atoms with Crippen LogP contribution in [-0.4, -0.2) is 37.7 Å². The van der Waals surface area contributed by atoms with Crippen LogP contribution in [0.3, 0.4) is 0 Å². The molecule has 3 heterocycles. The van der Waals surface area contributed by atoms with Crippen LogP contribution in [0.25, 0.3) is 0 Å². The van der Waals surface area contributed by atoms with E-state index in [1.807, 2.05) is 6.92 Å². The molecule has 0 radical (unpaired) electrons. The molecule has 1 aromatic rings. The second kappa shape index (κ2) is 9.36. The van der Waals surface area contributed by atoms with Gasteiger partial charge in [0.25, 0.3) is 0 Å². The van der Waals surface area contributed by atoms with E-state index < -0.39 is 0 Å². The normalized spacial score (nSPS) is 17.0. The van der Waals surface area contributed by atoms with E-state index in [2.05, 4.69) is 49.1 Å². The van der Waals surface area contributed by atoms with Gasteiger partial charge in [-0.3, -0.25) is 4.79 Å². The molecule has 0 atom stereocenters. The highest BCUT2D eigenvalue weighted by Crippen LogP contribution is 2.29. The van der Waals surface area contributed by atoms with Crippen molar-refractivity contribution < 1.29 is 9.53 Å². The number of nitrogens with one attached hydrogen (secondary N) is 1. The number of hydrogen-bond acceptors (Lipinski definition) is 4. The number of rotatable bonds is 2.